The number of hydrogen-bond acceptors (Lipinski definition) is 5. The number of carbonyl (C=O) groups excluding carboxylic acids is 2. The van der Waals surface area contributed by atoms with Crippen LogP contribution in [0.15, 0.2) is 35.0 Å². The molecule has 0 saturated heterocycles. The number of hydrogen-bond donors (Lipinski definition) is 1. The Morgan fingerprint density at radius 1 is 1.25 bits per heavy atom. The van der Waals surface area contributed by atoms with Crippen LogP contribution in [0.4, 0.5) is 5.69 Å². The molecule has 0 aliphatic carbocycles. The van der Waals surface area contributed by atoms with E-state index in [1.54, 1.807) is 23.5 Å². The maximum Gasteiger partial charge on any atom is 0.266 e. The maximum atomic E-state index is 13.0. The van der Waals surface area contributed by atoms with Gasteiger partial charge < -0.3 is 10.2 Å². The highest BCUT2D eigenvalue weighted by molar-refractivity contribution is 7.17. The summed E-state index contributed by atoms with van der Waals surface area (Å²) < 4.78 is 0. The first-order chi connectivity index (χ1) is 13.4. The molecule has 28 heavy (non-hydrogen) atoms. The van der Waals surface area contributed by atoms with Gasteiger partial charge in [-0.05, 0) is 49.9 Å². The van der Waals surface area contributed by atoms with E-state index in [0.29, 0.717) is 27.8 Å². The van der Waals surface area contributed by atoms with E-state index in [1.165, 1.54) is 16.2 Å². The molecule has 1 aromatic carbocycles. The molecule has 8 heteroatoms. The topological polar surface area (TPSA) is 62.3 Å². The van der Waals surface area contributed by atoms with Crippen molar-refractivity contribution >= 4 is 51.8 Å². The van der Waals surface area contributed by atoms with E-state index in [1.807, 2.05) is 43.7 Å². The SMILES string of the molecule is CCN(CC(=O)Nc1cc(Cl)ccc1C)C(=O)c1sc(-c2ccsc2)nc1C. The summed E-state index contributed by atoms with van der Waals surface area (Å²) in [6.45, 7) is 5.95. The minimum atomic E-state index is -0.263. The highest BCUT2D eigenvalue weighted by Crippen LogP contribution is 2.30. The van der Waals surface area contributed by atoms with Crippen LogP contribution in [0.1, 0.15) is 27.9 Å². The van der Waals surface area contributed by atoms with Crippen molar-refractivity contribution < 1.29 is 9.59 Å². The van der Waals surface area contributed by atoms with Crippen LogP contribution in [-0.4, -0.2) is 34.8 Å². The molecule has 0 spiro atoms. The van der Waals surface area contributed by atoms with Crippen molar-refractivity contribution in [2.24, 2.45) is 0 Å². The lowest BCUT2D eigenvalue weighted by molar-refractivity contribution is -0.116. The number of anilines is 1. The summed E-state index contributed by atoms with van der Waals surface area (Å²) in [6, 6.07) is 7.29. The van der Waals surface area contributed by atoms with Gasteiger partial charge in [-0.15, -0.1) is 11.3 Å². The van der Waals surface area contributed by atoms with Gasteiger partial charge in [0.25, 0.3) is 5.91 Å². The van der Waals surface area contributed by atoms with Gasteiger partial charge in [-0.25, -0.2) is 4.98 Å². The predicted molar refractivity (Wildman–Crippen MR) is 117 cm³/mol. The fourth-order valence-electron chi connectivity index (χ4n) is 2.67. The number of nitrogens with one attached hydrogen (secondary N) is 1. The number of amides is 2. The Labute approximate surface area is 177 Å². The van der Waals surface area contributed by atoms with Crippen molar-refractivity contribution in [3.05, 3.63) is 56.2 Å². The Bertz CT molecular complexity index is 999. The summed E-state index contributed by atoms with van der Waals surface area (Å²) in [6.07, 6.45) is 0. The van der Waals surface area contributed by atoms with Crippen LogP contribution >= 0.6 is 34.3 Å². The Hall–Kier alpha value is -2.22. The fourth-order valence-corrected chi connectivity index (χ4v) is 4.59. The number of thiazole rings is 1. The van der Waals surface area contributed by atoms with E-state index in [2.05, 4.69) is 10.3 Å². The lowest BCUT2D eigenvalue weighted by Gasteiger charge is -2.20. The molecule has 3 aromatic rings. The monoisotopic (exact) mass is 433 g/mol. The largest absolute Gasteiger partial charge is 0.329 e. The molecule has 2 heterocycles. The lowest BCUT2D eigenvalue weighted by Crippen LogP contribution is -2.37. The molecule has 2 amide bonds. The van der Waals surface area contributed by atoms with Gasteiger partial charge in [-0.3, -0.25) is 9.59 Å². The van der Waals surface area contributed by atoms with Crippen LogP contribution in [0.3, 0.4) is 0 Å². The van der Waals surface area contributed by atoms with Crippen molar-refractivity contribution in [3.63, 3.8) is 0 Å². The molecule has 0 aliphatic rings. The Morgan fingerprint density at radius 2 is 2.04 bits per heavy atom. The van der Waals surface area contributed by atoms with Crippen LogP contribution in [0, 0.1) is 13.8 Å². The standard InChI is InChI=1S/C20H20ClN3O2S2/c1-4-24(10-17(25)23-16-9-15(21)6-5-12(16)2)20(26)18-13(3)22-19(28-18)14-7-8-27-11-14/h5-9,11H,4,10H2,1-3H3,(H,23,25). The van der Waals surface area contributed by atoms with Gasteiger partial charge in [0.05, 0.1) is 5.69 Å². The average molecular weight is 434 g/mol. The second-order valence-corrected chi connectivity index (χ2v) is 8.49. The number of benzene rings is 1. The minimum Gasteiger partial charge on any atom is -0.329 e. The second kappa shape index (κ2) is 8.86. The molecular weight excluding hydrogens is 414 g/mol. The molecule has 0 aliphatic heterocycles. The summed E-state index contributed by atoms with van der Waals surface area (Å²) >= 11 is 8.95. The van der Waals surface area contributed by atoms with Crippen molar-refractivity contribution in [2.45, 2.75) is 20.8 Å². The quantitative estimate of drug-likeness (QED) is 0.578. The number of aryl methyl sites for hydroxylation is 2. The van der Waals surface area contributed by atoms with E-state index in [-0.39, 0.29) is 18.4 Å². The predicted octanol–water partition coefficient (Wildman–Crippen LogP) is 5.24. The summed E-state index contributed by atoms with van der Waals surface area (Å²) in [5, 5.41) is 8.18. The molecule has 1 N–H and O–H groups in total. The summed E-state index contributed by atoms with van der Waals surface area (Å²) in [4.78, 5) is 32.1. The molecule has 0 radical (unpaired) electrons. The molecule has 0 unspecified atom stereocenters. The van der Waals surface area contributed by atoms with Crippen LogP contribution < -0.4 is 5.32 Å². The number of thiophene rings is 1. The van der Waals surface area contributed by atoms with Gasteiger partial charge in [-0.2, -0.15) is 11.3 Å². The summed E-state index contributed by atoms with van der Waals surface area (Å²) in [5.41, 5.74) is 3.25. The molecule has 146 valence electrons. The molecule has 3 rings (SSSR count). The average Bonchev–Trinajstić information content (AvgIpc) is 3.31. The van der Waals surface area contributed by atoms with Gasteiger partial charge in [-0.1, -0.05) is 17.7 Å². The van der Waals surface area contributed by atoms with E-state index in [4.69, 9.17) is 11.6 Å². The number of rotatable bonds is 6. The third-order valence-corrected chi connectivity index (χ3v) is 6.35. The molecule has 0 fully saturated rings. The number of aromatic nitrogens is 1. The fraction of sp³-hybridized carbons (Fsp3) is 0.250. The Kier molecular flexibility index (Phi) is 6.49. The molecule has 2 aromatic heterocycles. The number of nitrogens with zero attached hydrogens (tertiary/aromatic N) is 2. The summed E-state index contributed by atoms with van der Waals surface area (Å²) in [5.74, 6) is -0.447. The summed E-state index contributed by atoms with van der Waals surface area (Å²) in [7, 11) is 0. The first-order valence-corrected chi connectivity index (χ1v) is 10.9. The van der Waals surface area contributed by atoms with E-state index < -0.39 is 0 Å². The van der Waals surface area contributed by atoms with Gasteiger partial charge in [0.1, 0.15) is 16.4 Å². The van der Waals surface area contributed by atoms with Gasteiger partial charge in [0.2, 0.25) is 5.91 Å². The smallest absolute Gasteiger partial charge is 0.266 e. The van der Waals surface area contributed by atoms with Crippen molar-refractivity contribution in [1.82, 2.24) is 9.88 Å². The van der Waals surface area contributed by atoms with Crippen molar-refractivity contribution in [1.29, 1.82) is 0 Å². The number of likely N-dealkylation sites (N-methyl/N-ethyl adjacent to an activating group) is 1. The van der Waals surface area contributed by atoms with Crippen LogP contribution in [0.5, 0.6) is 0 Å². The zero-order valence-corrected chi connectivity index (χ0v) is 18.2. The zero-order valence-electron chi connectivity index (χ0n) is 15.8. The molecule has 5 nitrogen and oxygen atoms in total. The normalized spacial score (nSPS) is 10.7. The zero-order chi connectivity index (χ0) is 20.3. The van der Waals surface area contributed by atoms with Gasteiger partial charge >= 0.3 is 0 Å². The third-order valence-electron chi connectivity index (χ3n) is 4.24. The molecular formula is C20H20ClN3O2S2. The highest BCUT2D eigenvalue weighted by Gasteiger charge is 2.23. The molecule has 0 atom stereocenters. The minimum absolute atomic E-state index is 0.0353. The van der Waals surface area contributed by atoms with Crippen LogP contribution in [0.25, 0.3) is 10.6 Å². The second-order valence-electron chi connectivity index (χ2n) is 6.27. The first kappa shape index (κ1) is 20.5. The van der Waals surface area contributed by atoms with Gasteiger partial charge in [0.15, 0.2) is 0 Å². The highest BCUT2D eigenvalue weighted by atomic mass is 35.5. The van der Waals surface area contributed by atoms with Gasteiger partial charge in [0, 0.05) is 28.2 Å². The lowest BCUT2D eigenvalue weighted by atomic mass is 10.2. The van der Waals surface area contributed by atoms with Crippen molar-refractivity contribution in [3.8, 4) is 10.6 Å². The van der Waals surface area contributed by atoms with E-state index >= 15 is 0 Å². The molecule has 0 bridgehead atoms. The van der Waals surface area contributed by atoms with E-state index in [9.17, 15) is 9.59 Å². The van der Waals surface area contributed by atoms with Crippen LogP contribution in [-0.2, 0) is 4.79 Å². The van der Waals surface area contributed by atoms with Crippen LogP contribution in [0.2, 0.25) is 5.02 Å². The first-order valence-electron chi connectivity index (χ1n) is 8.74. The Balaban J connectivity index is 1.73. The number of halogens is 1. The van der Waals surface area contributed by atoms with Crippen molar-refractivity contribution in [2.75, 3.05) is 18.4 Å². The maximum absolute atomic E-state index is 13.0. The Morgan fingerprint density at radius 3 is 2.71 bits per heavy atom. The van der Waals surface area contributed by atoms with E-state index in [0.717, 1.165) is 16.1 Å². The third kappa shape index (κ3) is 4.60. The number of carbonyl (C=O) groups is 2. The molecule has 0 saturated carbocycles.